The average molecular weight is 387 g/mol. The van der Waals surface area contributed by atoms with Crippen molar-refractivity contribution in [3.63, 3.8) is 0 Å². The zero-order valence-electron chi connectivity index (χ0n) is 15.4. The largest absolute Gasteiger partial charge is 0.351 e. The lowest BCUT2D eigenvalue weighted by Gasteiger charge is -2.14. The number of carbonyl (C=O) groups is 1. The highest BCUT2D eigenvalue weighted by Crippen LogP contribution is 2.39. The summed E-state index contributed by atoms with van der Waals surface area (Å²) in [5, 5.41) is 7.78. The molecule has 1 aliphatic rings. The molecule has 5 rings (SSSR count). The molecule has 0 aliphatic carbocycles. The van der Waals surface area contributed by atoms with Gasteiger partial charge < -0.3 is 13.9 Å². The smallest absolute Gasteiger partial charge is 0.292 e. The van der Waals surface area contributed by atoms with E-state index in [1.165, 1.54) is 6.20 Å². The van der Waals surface area contributed by atoms with Gasteiger partial charge >= 0.3 is 0 Å². The third-order valence-corrected chi connectivity index (χ3v) is 5.16. The minimum absolute atomic E-state index is 0.0142. The molecule has 0 N–H and O–H groups in total. The fraction of sp³-hybridized carbons (Fsp3) is 0.190. The fourth-order valence-corrected chi connectivity index (χ4v) is 3.73. The van der Waals surface area contributed by atoms with Gasteiger partial charge in [-0.25, -0.2) is 0 Å². The predicted octanol–water partition coefficient (Wildman–Crippen LogP) is 3.14. The Labute approximate surface area is 166 Å². The Bertz CT molecular complexity index is 1100. The van der Waals surface area contributed by atoms with Gasteiger partial charge in [-0.15, -0.1) is 0 Å². The molecule has 1 amide bonds. The number of rotatable bonds is 4. The molecule has 2 atom stereocenters. The van der Waals surface area contributed by atoms with Gasteiger partial charge in [-0.3, -0.25) is 9.78 Å². The molecule has 1 fully saturated rings. The Kier molecular flexibility index (Phi) is 4.36. The van der Waals surface area contributed by atoms with Crippen LogP contribution in [0, 0.1) is 0 Å². The highest BCUT2D eigenvalue weighted by molar-refractivity contribution is 5.91. The van der Waals surface area contributed by atoms with E-state index in [0.29, 0.717) is 24.8 Å². The molecule has 3 aromatic heterocycles. The van der Waals surface area contributed by atoms with E-state index in [0.717, 1.165) is 11.1 Å². The van der Waals surface area contributed by atoms with Crippen LogP contribution in [0.3, 0.4) is 0 Å². The van der Waals surface area contributed by atoms with Crippen molar-refractivity contribution in [2.24, 2.45) is 0 Å². The lowest BCUT2D eigenvalue weighted by molar-refractivity contribution is 0.0746. The van der Waals surface area contributed by atoms with Crippen molar-refractivity contribution in [3.05, 3.63) is 84.3 Å². The van der Waals surface area contributed by atoms with Gasteiger partial charge in [0.05, 0.1) is 12.1 Å². The molecule has 0 bridgehead atoms. The Morgan fingerprint density at radius 2 is 1.83 bits per heavy atom. The molecule has 8 nitrogen and oxygen atoms in total. The summed E-state index contributed by atoms with van der Waals surface area (Å²) in [5.74, 6) is 0.889. The van der Waals surface area contributed by atoms with Crippen LogP contribution in [0.15, 0.2) is 76.2 Å². The van der Waals surface area contributed by atoms with Crippen molar-refractivity contribution < 1.29 is 13.8 Å². The first-order chi connectivity index (χ1) is 14.3. The van der Waals surface area contributed by atoms with Gasteiger partial charge in [-0.2, -0.15) is 4.98 Å². The zero-order chi connectivity index (χ0) is 19.6. The molecule has 1 aromatic carbocycles. The normalized spacial score (nSPS) is 18.8. The number of nitrogens with zero attached hydrogens (tertiary/aromatic N) is 5. The second-order valence-corrected chi connectivity index (χ2v) is 6.91. The minimum Gasteiger partial charge on any atom is -0.351 e. The van der Waals surface area contributed by atoms with E-state index >= 15 is 0 Å². The highest BCUT2D eigenvalue weighted by atomic mass is 16.5. The highest BCUT2D eigenvalue weighted by Gasteiger charge is 2.41. The van der Waals surface area contributed by atoms with Crippen LogP contribution in [-0.2, 0) is 0 Å². The van der Waals surface area contributed by atoms with E-state index in [-0.39, 0.29) is 23.5 Å². The van der Waals surface area contributed by atoms with Gasteiger partial charge in [0.25, 0.3) is 5.91 Å². The van der Waals surface area contributed by atoms with Crippen molar-refractivity contribution >= 4 is 5.91 Å². The third-order valence-electron chi connectivity index (χ3n) is 5.16. The zero-order valence-corrected chi connectivity index (χ0v) is 15.4. The molecule has 29 heavy (non-hydrogen) atoms. The number of benzene rings is 1. The predicted molar refractivity (Wildman–Crippen MR) is 102 cm³/mol. The molecule has 4 aromatic rings. The molecule has 4 heterocycles. The van der Waals surface area contributed by atoms with Gasteiger partial charge in [-0.05, 0) is 11.6 Å². The molecule has 144 valence electrons. The van der Waals surface area contributed by atoms with E-state index in [1.807, 2.05) is 48.7 Å². The van der Waals surface area contributed by atoms with Crippen LogP contribution in [0.4, 0.5) is 0 Å². The van der Waals surface area contributed by atoms with E-state index in [4.69, 9.17) is 9.05 Å². The van der Waals surface area contributed by atoms with Gasteiger partial charge in [0.1, 0.15) is 0 Å². The first-order valence-corrected chi connectivity index (χ1v) is 9.28. The number of hydrogen-bond donors (Lipinski definition) is 0. The molecule has 0 radical (unpaired) electrons. The first-order valence-electron chi connectivity index (χ1n) is 9.28. The Morgan fingerprint density at radius 3 is 2.59 bits per heavy atom. The van der Waals surface area contributed by atoms with Crippen LogP contribution < -0.4 is 0 Å². The molecular formula is C21H17N5O3. The van der Waals surface area contributed by atoms with Gasteiger partial charge in [0.2, 0.25) is 17.5 Å². The summed E-state index contributed by atoms with van der Waals surface area (Å²) >= 11 is 0. The Morgan fingerprint density at radius 1 is 0.966 bits per heavy atom. The molecule has 0 spiro atoms. The van der Waals surface area contributed by atoms with Crippen LogP contribution in [0.1, 0.15) is 33.8 Å². The fourth-order valence-electron chi connectivity index (χ4n) is 3.73. The van der Waals surface area contributed by atoms with E-state index < -0.39 is 0 Å². The SMILES string of the molecule is O=C(c1ccno1)N1C[C@@H](c2cccnc2)[C@H](c2nc(-c3ccccc3)no2)C1. The van der Waals surface area contributed by atoms with Crippen molar-refractivity contribution in [3.8, 4) is 11.4 Å². The van der Waals surface area contributed by atoms with Crippen LogP contribution in [0.25, 0.3) is 11.4 Å². The van der Waals surface area contributed by atoms with E-state index in [2.05, 4.69) is 20.3 Å². The van der Waals surface area contributed by atoms with Gasteiger partial charge in [-0.1, -0.05) is 46.7 Å². The average Bonchev–Trinajstić information content (AvgIpc) is 3.55. The number of hydrogen-bond acceptors (Lipinski definition) is 7. The van der Waals surface area contributed by atoms with Crippen LogP contribution in [0.5, 0.6) is 0 Å². The number of likely N-dealkylation sites (tertiary alicyclic amines) is 1. The molecule has 0 saturated carbocycles. The molecular weight excluding hydrogens is 370 g/mol. The van der Waals surface area contributed by atoms with Gasteiger partial charge in [0, 0.05) is 43.0 Å². The lowest BCUT2D eigenvalue weighted by Crippen LogP contribution is -2.28. The summed E-state index contributed by atoms with van der Waals surface area (Å²) in [6, 6.07) is 15.1. The third kappa shape index (κ3) is 3.29. The van der Waals surface area contributed by atoms with E-state index in [9.17, 15) is 4.79 Å². The van der Waals surface area contributed by atoms with Crippen LogP contribution in [-0.4, -0.2) is 44.2 Å². The van der Waals surface area contributed by atoms with Crippen LogP contribution in [0.2, 0.25) is 0 Å². The number of pyridine rings is 1. The van der Waals surface area contributed by atoms with E-state index in [1.54, 1.807) is 17.2 Å². The minimum atomic E-state index is -0.207. The second kappa shape index (κ2) is 7.31. The molecule has 1 aliphatic heterocycles. The number of aromatic nitrogens is 4. The second-order valence-electron chi connectivity index (χ2n) is 6.91. The summed E-state index contributed by atoms with van der Waals surface area (Å²) in [5.41, 5.74) is 1.90. The number of amides is 1. The maximum absolute atomic E-state index is 12.8. The quantitative estimate of drug-likeness (QED) is 0.530. The summed E-state index contributed by atoms with van der Waals surface area (Å²) < 4.78 is 10.7. The summed E-state index contributed by atoms with van der Waals surface area (Å²) in [6.07, 6.45) is 5.00. The summed E-state index contributed by atoms with van der Waals surface area (Å²) in [6.45, 7) is 0.939. The molecule has 0 unspecified atom stereocenters. The Hall–Kier alpha value is -3.81. The molecule has 8 heteroatoms. The maximum Gasteiger partial charge on any atom is 0.292 e. The van der Waals surface area contributed by atoms with Crippen molar-refractivity contribution in [2.75, 3.05) is 13.1 Å². The topological polar surface area (TPSA) is 98.2 Å². The summed E-state index contributed by atoms with van der Waals surface area (Å²) in [4.78, 5) is 23.4. The Balaban J connectivity index is 1.47. The van der Waals surface area contributed by atoms with Crippen LogP contribution >= 0.6 is 0 Å². The van der Waals surface area contributed by atoms with Gasteiger partial charge in [0.15, 0.2) is 0 Å². The number of carbonyl (C=O) groups excluding carboxylic acids is 1. The maximum atomic E-state index is 12.8. The summed E-state index contributed by atoms with van der Waals surface area (Å²) in [7, 11) is 0. The monoisotopic (exact) mass is 387 g/mol. The standard InChI is InChI=1S/C21H17N5O3/c27-21(18-8-10-23-28-18)26-12-16(15-7-4-9-22-11-15)17(13-26)20-24-19(25-29-20)14-5-2-1-3-6-14/h1-11,16-17H,12-13H2/t16-,17+/m0/s1. The van der Waals surface area contributed by atoms with Crippen molar-refractivity contribution in [1.29, 1.82) is 0 Å². The van der Waals surface area contributed by atoms with Crippen molar-refractivity contribution in [2.45, 2.75) is 11.8 Å². The molecule has 1 saturated heterocycles. The van der Waals surface area contributed by atoms with Crippen molar-refractivity contribution in [1.82, 2.24) is 25.2 Å². The lowest BCUT2D eigenvalue weighted by atomic mass is 9.90. The first kappa shape index (κ1) is 17.3.